The lowest BCUT2D eigenvalue weighted by molar-refractivity contribution is 0.660. The zero-order valence-electron chi connectivity index (χ0n) is 26.5. The van der Waals surface area contributed by atoms with Gasteiger partial charge in [-0.3, -0.25) is 0 Å². The highest BCUT2D eigenvalue weighted by molar-refractivity contribution is 6.29. The van der Waals surface area contributed by atoms with Gasteiger partial charge in [-0.15, -0.1) is 0 Å². The maximum Gasteiger partial charge on any atom is 0.164 e. The van der Waals surface area contributed by atoms with Crippen LogP contribution in [0.5, 0.6) is 0 Å². The summed E-state index contributed by atoms with van der Waals surface area (Å²) in [7, 11) is 0. The number of fused-ring (bicyclic) bond motifs is 10. The molecule has 2 heterocycles. The number of aromatic nitrogens is 3. The van der Waals surface area contributed by atoms with Gasteiger partial charge in [0.1, 0.15) is 11.2 Å². The molecule has 0 radical (unpaired) electrons. The molecule has 0 amide bonds. The molecule has 0 bridgehead atoms. The summed E-state index contributed by atoms with van der Waals surface area (Å²) in [5, 5.41) is 6.78. The highest BCUT2D eigenvalue weighted by Gasteiger charge is 2.35. The van der Waals surface area contributed by atoms with E-state index in [-0.39, 0.29) is 5.41 Å². The Kier molecular flexibility index (Phi) is 5.59. The first-order valence-corrected chi connectivity index (χ1v) is 16.4. The minimum absolute atomic E-state index is 0.135. The van der Waals surface area contributed by atoms with Crippen LogP contribution in [0.1, 0.15) is 25.0 Å². The van der Waals surface area contributed by atoms with Crippen molar-refractivity contribution in [3.05, 3.63) is 151 Å². The van der Waals surface area contributed by atoms with Crippen LogP contribution in [0.3, 0.4) is 0 Å². The van der Waals surface area contributed by atoms with Crippen LogP contribution in [0.2, 0.25) is 0 Å². The van der Waals surface area contributed by atoms with E-state index in [2.05, 4.69) is 123 Å². The minimum atomic E-state index is -0.135. The predicted octanol–water partition coefficient (Wildman–Crippen LogP) is 11.4. The van der Waals surface area contributed by atoms with Gasteiger partial charge in [-0.1, -0.05) is 135 Å². The molecule has 48 heavy (non-hydrogen) atoms. The van der Waals surface area contributed by atoms with Crippen LogP contribution in [0.15, 0.2) is 144 Å². The first kappa shape index (κ1) is 27.0. The van der Waals surface area contributed by atoms with Gasteiger partial charge in [-0.2, -0.15) is 0 Å². The van der Waals surface area contributed by atoms with Crippen LogP contribution in [0.25, 0.3) is 88.8 Å². The number of nitrogens with zero attached hydrogens (tertiary/aromatic N) is 3. The van der Waals surface area contributed by atoms with Crippen LogP contribution in [-0.4, -0.2) is 15.0 Å². The zero-order chi connectivity index (χ0) is 32.0. The number of hydrogen-bond acceptors (Lipinski definition) is 4. The average molecular weight is 616 g/mol. The van der Waals surface area contributed by atoms with Crippen molar-refractivity contribution >= 4 is 43.5 Å². The van der Waals surface area contributed by atoms with Gasteiger partial charge >= 0.3 is 0 Å². The maximum absolute atomic E-state index is 6.53. The zero-order valence-corrected chi connectivity index (χ0v) is 26.5. The van der Waals surface area contributed by atoms with Crippen LogP contribution < -0.4 is 0 Å². The molecule has 0 saturated carbocycles. The van der Waals surface area contributed by atoms with Gasteiger partial charge < -0.3 is 4.42 Å². The Bertz CT molecular complexity index is 2760. The quantitative estimate of drug-likeness (QED) is 0.186. The molecule has 0 N–H and O–H groups in total. The molecule has 226 valence electrons. The van der Waals surface area contributed by atoms with E-state index < -0.39 is 0 Å². The first-order chi connectivity index (χ1) is 23.5. The monoisotopic (exact) mass is 615 g/mol. The lowest BCUT2D eigenvalue weighted by Crippen LogP contribution is -2.15. The van der Waals surface area contributed by atoms with Gasteiger partial charge in [-0.05, 0) is 56.6 Å². The molecular weight excluding hydrogens is 587 g/mol. The lowest BCUT2D eigenvalue weighted by Gasteiger charge is -2.21. The summed E-state index contributed by atoms with van der Waals surface area (Å²) >= 11 is 0. The van der Waals surface area contributed by atoms with Crippen LogP contribution in [0, 0.1) is 0 Å². The number of furan rings is 1. The molecule has 4 nitrogen and oxygen atoms in total. The second-order valence-corrected chi connectivity index (χ2v) is 13.2. The first-order valence-electron chi connectivity index (χ1n) is 16.4. The molecule has 0 aliphatic heterocycles. The summed E-state index contributed by atoms with van der Waals surface area (Å²) in [6.07, 6.45) is 0. The Hall–Kier alpha value is -6.13. The Morgan fingerprint density at radius 2 is 1.12 bits per heavy atom. The highest BCUT2D eigenvalue weighted by Crippen LogP contribution is 2.49. The SMILES string of the molecule is CC1(C)c2ccccc2-c2ccc(-c3nc(-c4ccccc4)nc(-c4cc5oc6ccccc6c5c5c4ccc4ccccc45)n3)cc21. The van der Waals surface area contributed by atoms with Gasteiger partial charge in [0.05, 0.1) is 0 Å². The van der Waals surface area contributed by atoms with Crippen molar-refractivity contribution in [2.45, 2.75) is 19.3 Å². The van der Waals surface area contributed by atoms with E-state index in [1.54, 1.807) is 0 Å². The molecule has 0 saturated heterocycles. The van der Waals surface area contributed by atoms with Crippen molar-refractivity contribution in [2.75, 3.05) is 0 Å². The fourth-order valence-corrected chi connectivity index (χ4v) is 7.77. The molecular formula is C44H29N3O. The molecule has 0 atom stereocenters. The molecule has 7 aromatic carbocycles. The molecule has 0 fully saturated rings. The third-order valence-electron chi connectivity index (χ3n) is 10.1. The maximum atomic E-state index is 6.53. The van der Waals surface area contributed by atoms with Crippen molar-refractivity contribution in [2.24, 2.45) is 0 Å². The molecule has 2 aromatic heterocycles. The molecule has 0 spiro atoms. The average Bonchev–Trinajstić information content (AvgIpc) is 3.63. The summed E-state index contributed by atoms with van der Waals surface area (Å²) in [5.74, 6) is 1.90. The fourth-order valence-electron chi connectivity index (χ4n) is 7.77. The molecule has 9 aromatic rings. The Balaban J connectivity index is 1.27. The smallest absolute Gasteiger partial charge is 0.164 e. The fraction of sp³-hybridized carbons (Fsp3) is 0.0682. The lowest BCUT2D eigenvalue weighted by atomic mass is 9.82. The van der Waals surface area contributed by atoms with Crippen molar-refractivity contribution in [3.8, 4) is 45.3 Å². The predicted molar refractivity (Wildman–Crippen MR) is 196 cm³/mol. The van der Waals surface area contributed by atoms with Gasteiger partial charge in [-0.25, -0.2) is 15.0 Å². The topological polar surface area (TPSA) is 51.8 Å². The van der Waals surface area contributed by atoms with Crippen molar-refractivity contribution in [1.29, 1.82) is 0 Å². The second kappa shape index (κ2) is 9.93. The van der Waals surface area contributed by atoms with E-state index in [0.29, 0.717) is 17.5 Å². The standard InChI is InChI=1S/C44H29N3O/c1-44(2)35-18-10-8-16-30(35)31-22-21-28(24-36(31)44)42-45-41(27-13-4-3-5-14-27)46-43(47-42)34-25-38-40(33-17-9-11-19-37(33)48-38)39-29-15-7-6-12-26(29)20-23-32(34)39/h3-25H,1-2H3. The summed E-state index contributed by atoms with van der Waals surface area (Å²) < 4.78 is 6.53. The van der Waals surface area contributed by atoms with Gasteiger partial charge in [0.2, 0.25) is 0 Å². The van der Waals surface area contributed by atoms with Crippen LogP contribution in [0.4, 0.5) is 0 Å². The van der Waals surface area contributed by atoms with Crippen molar-refractivity contribution in [3.63, 3.8) is 0 Å². The van der Waals surface area contributed by atoms with Gasteiger partial charge in [0, 0.05) is 38.3 Å². The van der Waals surface area contributed by atoms with Crippen LogP contribution in [-0.2, 0) is 5.41 Å². The minimum Gasteiger partial charge on any atom is -0.456 e. The Morgan fingerprint density at radius 3 is 2.00 bits per heavy atom. The van der Waals surface area contributed by atoms with E-state index in [4.69, 9.17) is 19.4 Å². The summed E-state index contributed by atoms with van der Waals surface area (Å²) in [6, 6.07) is 48.9. The summed E-state index contributed by atoms with van der Waals surface area (Å²) in [6.45, 7) is 4.60. The number of hydrogen-bond donors (Lipinski definition) is 0. The molecule has 10 rings (SSSR count). The van der Waals surface area contributed by atoms with Gasteiger partial charge in [0.25, 0.3) is 0 Å². The third kappa shape index (κ3) is 3.86. The van der Waals surface area contributed by atoms with E-state index >= 15 is 0 Å². The molecule has 0 unspecified atom stereocenters. The third-order valence-corrected chi connectivity index (χ3v) is 10.1. The molecule has 1 aliphatic rings. The van der Waals surface area contributed by atoms with Gasteiger partial charge in [0.15, 0.2) is 17.5 Å². The molecule has 4 heteroatoms. The van der Waals surface area contributed by atoms with E-state index in [1.807, 2.05) is 30.3 Å². The van der Waals surface area contributed by atoms with E-state index in [1.165, 1.54) is 33.0 Å². The summed E-state index contributed by atoms with van der Waals surface area (Å²) in [5.41, 5.74) is 9.55. The normalized spacial score (nSPS) is 13.4. The van der Waals surface area contributed by atoms with Crippen LogP contribution >= 0.6 is 0 Å². The van der Waals surface area contributed by atoms with E-state index in [0.717, 1.165) is 49.4 Å². The van der Waals surface area contributed by atoms with Crippen molar-refractivity contribution < 1.29 is 4.42 Å². The number of para-hydroxylation sites is 1. The van der Waals surface area contributed by atoms with Crippen molar-refractivity contribution in [1.82, 2.24) is 15.0 Å². The Labute approximate surface area is 277 Å². The highest BCUT2D eigenvalue weighted by atomic mass is 16.3. The summed E-state index contributed by atoms with van der Waals surface area (Å²) in [4.78, 5) is 15.5. The Morgan fingerprint density at radius 1 is 0.438 bits per heavy atom. The van der Waals surface area contributed by atoms with E-state index in [9.17, 15) is 0 Å². The number of benzene rings is 7. The molecule has 1 aliphatic carbocycles. The second-order valence-electron chi connectivity index (χ2n) is 13.2. The number of rotatable bonds is 3. The largest absolute Gasteiger partial charge is 0.456 e.